The Bertz CT molecular complexity index is 869. The summed E-state index contributed by atoms with van der Waals surface area (Å²) < 4.78 is 12.3. The van der Waals surface area contributed by atoms with Crippen molar-refractivity contribution < 1.29 is 19.1 Å². The third-order valence-electron chi connectivity index (χ3n) is 14.4. The summed E-state index contributed by atoms with van der Waals surface area (Å²) in [5.74, 6) is 5.01. The lowest BCUT2D eigenvalue weighted by Crippen LogP contribution is -2.60. The van der Waals surface area contributed by atoms with Crippen molar-refractivity contribution in [3.05, 3.63) is 0 Å². The Morgan fingerprint density at radius 1 is 0.579 bits per heavy atom. The minimum absolute atomic E-state index is 0.125. The van der Waals surface area contributed by atoms with Gasteiger partial charge in [-0.3, -0.25) is 9.59 Å². The zero-order valence-electron chi connectivity index (χ0n) is 24.6. The first kappa shape index (κ1) is 25.9. The molecule has 0 N–H and O–H groups in total. The second-order valence-electron chi connectivity index (χ2n) is 16.7. The van der Waals surface area contributed by atoms with Crippen LogP contribution in [0, 0.1) is 69.0 Å². The molecule has 0 aliphatic heterocycles. The number of rotatable bonds is 6. The lowest BCUT2D eigenvalue weighted by Gasteiger charge is -2.64. The minimum Gasteiger partial charge on any atom is -0.465 e. The molecule has 9 aliphatic carbocycles. The van der Waals surface area contributed by atoms with Crippen LogP contribution >= 0.6 is 0 Å². The molecule has 0 amide bonds. The largest absolute Gasteiger partial charge is 0.465 e. The summed E-state index contributed by atoms with van der Waals surface area (Å²) in [6.07, 6.45) is 16.6. The van der Waals surface area contributed by atoms with Crippen LogP contribution in [0.25, 0.3) is 0 Å². The molecule has 0 aromatic rings. The quantitative estimate of drug-likeness (QED) is 0.336. The molecule has 38 heavy (non-hydrogen) atoms. The topological polar surface area (TPSA) is 52.6 Å². The maximum atomic E-state index is 13.6. The summed E-state index contributed by atoms with van der Waals surface area (Å²) in [7, 11) is 0. The standard InChI is InChI=1S/C34H52O4/c1-21-31(3)11-25-9-26(12-31)16-33(21,15-25)29(35)37-19-23-5-7-24(8-6-23)20-38-30(36)34-17-27-10-28(18-34)14-32(4,13-27)22(34)2/h21-28H,5-20H2,1-4H3. The van der Waals surface area contributed by atoms with E-state index in [1.807, 2.05) is 0 Å². The van der Waals surface area contributed by atoms with Crippen LogP contribution in [0.2, 0.25) is 0 Å². The van der Waals surface area contributed by atoms with E-state index in [2.05, 4.69) is 27.7 Å². The monoisotopic (exact) mass is 524 g/mol. The van der Waals surface area contributed by atoms with Crippen molar-refractivity contribution >= 4 is 11.9 Å². The average molecular weight is 525 g/mol. The molecule has 6 atom stereocenters. The van der Waals surface area contributed by atoms with Crippen molar-refractivity contribution in [1.29, 1.82) is 0 Å². The number of ether oxygens (including phenoxy) is 2. The Morgan fingerprint density at radius 3 is 1.21 bits per heavy atom. The summed E-state index contributed by atoms with van der Waals surface area (Å²) in [5, 5.41) is 0. The summed E-state index contributed by atoms with van der Waals surface area (Å²) in [6.45, 7) is 10.7. The van der Waals surface area contributed by atoms with Crippen LogP contribution in [0.1, 0.15) is 118 Å². The molecule has 4 heteroatoms. The Morgan fingerprint density at radius 2 is 0.895 bits per heavy atom. The molecular weight excluding hydrogens is 472 g/mol. The van der Waals surface area contributed by atoms with Crippen LogP contribution in [-0.2, 0) is 19.1 Å². The van der Waals surface area contributed by atoms with Crippen molar-refractivity contribution in [2.75, 3.05) is 13.2 Å². The zero-order chi connectivity index (χ0) is 26.5. The maximum Gasteiger partial charge on any atom is 0.312 e. The number of esters is 2. The van der Waals surface area contributed by atoms with Crippen LogP contribution in [0.3, 0.4) is 0 Å². The van der Waals surface area contributed by atoms with Gasteiger partial charge in [-0.1, -0.05) is 27.7 Å². The number of carbonyl (C=O) groups excluding carboxylic acids is 2. The van der Waals surface area contributed by atoms with Gasteiger partial charge in [-0.2, -0.15) is 0 Å². The molecule has 0 aromatic carbocycles. The molecule has 9 rings (SSSR count). The highest BCUT2D eigenvalue weighted by Gasteiger charge is 2.65. The molecule has 8 bridgehead atoms. The van der Waals surface area contributed by atoms with Gasteiger partial charge in [-0.25, -0.2) is 0 Å². The molecule has 0 saturated heterocycles. The number of carbonyl (C=O) groups is 2. The normalized spacial score (nSPS) is 54.2. The SMILES string of the molecule is CC1C2(C)CC3CC(C2)CC1(C(=O)OCC1CCC(COC(=O)C24CC5CC(CC(C)(C5)C2C)C4)CC1)C3. The van der Waals surface area contributed by atoms with Crippen molar-refractivity contribution in [2.24, 2.45) is 69.0 Å². The molecule has 0 heterocycles. The van der Waals surface area contributed by atoms with E-state index in [1.54, 1.807) is 0 Å². The molecule has 6 unspecified atom stereocenters. The summed E-state index contributed by atoms with van der Waals surface area (Å²) in [4.78, 5) is 27.1. The first-order valence-corrected chi connectivity index (χ1v) is 16.4. The number of hydrogen-bond acceptors (Lipinski definition) is 4. The van der Waals surface area contributed by atoms with E-state index in [1.165, 1.54) is 38.5 Å². The number of hydrogen-bond donors (Lipinski definition) is 0. The Kier molecular flexibility index (Phi) is 5.94. The van der Waals surface area contributed by atoms with Gasteiger partial charge in [-0.15, -0.1) is 0 Å². The lowest BCUT2D eigenvalue weighted by molar-refractivity contribution is -0.199. The fraction of sp³-hybridized carbons (Fsp3) is 0.941. The highest BCUT2D eigenvalue weighted by Crippen LogP contribution is 2.69. The third-order valence-corrected chi connectivity index (χ3v) is 14.4. The van der Waals surface area contributed by atoms with Gasteiger partial charge in [0.15, 0.2) is 0 Å². The summed E-state index contributed by atoms with van der Waals surface area (Å²) in [6, 6.07) is 0. The molecular formula is C34H52O4. The van der Waals surface area contributed by atoms with Gasteiger partial charge in [0.1, 0.15) is 0 Å². The van der Waals surface area contributed by atoms with Gasteiger partial charge in [0, 0.05) is 0 Å². The maximum absolute atomic E-state index is 13.6. The highest BCUT2D eigenvalue weighted by molar-refractivity contribution is 5.78. The molecule has 4 nitrogen and oxygen atoms in total. The van der Waals surface area contributed by atoms with E-state index in [0.29, 0.717) is 47.7 Å². The summed E-state index contributed by atoms with van der Waals surface area (Å²) in [5.41, 5.74) is 0.250. The van der Waals surface area contributed by atoms with Gasteiger partial charge in [0.25, 0.3) is 0 Å². The fourth-order valence-electron chi connectivity index (χ4n) is 12.6. The van der Waals surface area contributed by atoms with Crippen LogP contribution in [0.5, 0.6) is 0 Å². The van der Waals surface area contributed by atoms with Gasteiger partial charge in [0.05, 0.1) is 24.0 Å². The van der Waals surface area contributed by atoms with E-state index >= 15 is 0 Å². The first-order valence-electron chi connectivity index (χ1n) is 16.4. The predicted molar refractivity (Wildman–Crippen MR) is 147 cm³/mol. The van der Waals surface area contributed by atoms with Crippen molar-refractivity contribution in [1.82, 2.24) is 0 Å². The Labute approximate surface area is 230 Å². The van der Waals surface area contributed by atoms with E-state index in [4.69, 9.17) is 9.47 Å². The molecule has 9 saturated carbocycles. The van der Waals surface area contributed by atoms with Gasteiger partial charge in [0.2, 0.25) is 0 Å². The Balaban J connectivity index is 0.893. The molecule has 9 fully saturated rings. The molecule has 9 aliphatic rings. The van der Waals surface area contributed by atoms with Gasteiger partial charge in [-0.05, 0) is 148 Å². The second-order valence-corrected chi connectivity index (χ2v) is 16.7. The molecule has 212 valence electrons. The van der Waals surface area contributed by atoms with Crippen molar-refractivity contribution in [2.45, 2.75) is 118 Å². The van der Waals surface area contributed by atoms with Gasteiger partial charge < -0.3 is 9.47 Å². The fourth-order valence-corrected chi connectivity index (χ4v) is 12.6. The smallest absolute Gasteiger partial charge is 0.312 e. The van der Waals surface area contributed by atoms with E-state index in [9.17, 15) is 9.59 Å². The highest BCUT2D eigenvalue weighted by atomic mass is 16.5. The van der Waals surface area contributed by atoms with Crippen molar-refractivity contribution in [3.8, 4) is 0 Å². The van der Waals surface area contributed by atoms with E-state index in [0.717, 1.165) is 75.0 Å². The van der Waals surface area contributed by atoms with Crippen molar-refractivity contribution in [3.63, 3.8) is 0 Å². The average Bonchev–Trinajstić information content (AvgIpc) is 2.86. The predicted octanol–water partition coefficient (Wildman–Crippen LogP) is 7.58. The van der Waals surface area contributed by atoms with Gasteiger partial charge >= 0.3 is 11.9 Å². The minimum atomic E-state index is -0.213. The van der Waals surface area contributed by atoms with E-state index in [-0.39, 0.29) is 22.8 Å². The van der Waals surface area contributed by atoms with Crippen LogP contribution < -0.4 is 0 Å². The molecule has 0 radical (unpaired) electrons. The van der Waals surface area contributed by atoms with Crippen LogP contribution in [0.4, 0.5) is 0 Å². The molecule has 0 aromatic heterocycles. The van der Waals surface area contributed by atoms with Crippen LogP contribution in [-0.4, -0.2) is 25.2 Å². The first-order chi connectivity index (χ1) is 18.0. The molecule has 0 spiro atoms. The Hall–Kier alpha value is -1.06. The third kappa shape index (κ3) is 3.80. The van der Waals surface area contributed by atoms with E-state index < -0.39 is 0 Å². The summed E-state index contributed by atoms with van der Waals surface area (Å²) >= 11 is 0. The zero-order valence-corrected chi connectivity index (χ0v) is 24.6. The second kappa shape index (κ2) is 8.72. The lowest BCUT2D eigenvalue weighted by atomic mass is 9.40. The van der Waals surface area contributed by atoms with Crippen LogP contribution in [0.15, 0.2) is 0 Å².